The van der Waals surface area contributed by atoms with E-state index in [9.17, 15) is 10.2 Å². The van der Waals surface area contributed by atoms with Crippen LogP contribution < -0.4 is 5.32 Å². The zero-order valence-corrected chi connectivity index (χ0v) is 16.9. The molecule has 0 saturated heterocycles. The van der Waals surface area contributed by atoms with Gasteiger partial charge in [-0.3, -0.25) is 0 Å². The fourth-order valence-electron chi connectivity index (χ4n) is 3.52. The van der Waals surface area contributed by atoms with Crippen LogP contribution in [0.15, 0.2) is 64.6 Å². The Morgan fingerprint density at radius 2 is 1.96 bits per heavy atom. The molecule has 1 heterocycles. The van der Waals surface area contributed by atoms with Gasteiger partial charge in [0, 0.05) is 15.5 Å². The van der Waals surface area contributed by atoms with Crippen molar-refractivity contribution in [1.82, 2.24) is 5.32 Å². The molecule has 0 bridgehead atoms. The lowest BCUT2D eigenvalue weighted by atomic mass is 9.92. The Labute approximate surface area is 166 Å². The predicted molar refractivity (Wildman–Crippen MR) is 115 cm³/mol. The Bertz CT molecular complexity index is 794. The Balaban J connectivity index is 1.69. The minimum Gasteiger partial charge on any atom is -0.394 e. The van der Waals surface area contributed by atoms with Gasteiger partial charge in [0.2, 0.25) is 0 Å². The second-order valence-electron chi connectivity index (χ2n) is 7.35. The average molecular weight is 384 g/mol. The lowest BCUT2D eigenvalue weighted by Crippen LogP contribution is -2.50. The molecular weight excluding hydrogens is 354 g/mol. The molecule has 1 aliphatic heterocycles. The SMILES string of the molecule is C=C(CCc1ccc2c(c1)C(=C)C1=CCCC=C1S2)NC(CC)(CO)CO. The number of nitrogens with one attached hydrogen (secondary N) is 1. The van der Waals surface area contributed by atoms with Gasteiger partial charge < -0.3 is 15.5 Å². The van der Waals surface area contributed by atoms with Crippen molar-refractivity contribution in [2.75, 3.05) is 13.2 Å². The summed E-state index contributed by atoms with van der Waals surface area (Å²) in [6, 6.07) is 6.62. The van der Waals surface area contributed by atoms with Gasteiger partial charge in [-0.15, -0.1) is 0 Å². The van der Waals surface area contributed by atoms with E-state index >= 15 is 0 Å². The zero-order valence-electron chi connectivity index (χ0n) is 16.1. The fourth-order valence-corrected chi connectivity index (χ4v) is 4.70. The zero-order chi connectivity index (χ0) is 19.4. The number of thioether (sulfide) groups is 1. The molecule has 1 aromatic carbocycles. The third kappa shape index (κ3) is 4.23. The molecule has 4 heteroatoms. The number of allylic oxidation sites excluding steroid dienone is 5. The molecule has 2 aliphatic rings. The van der Waals surface area contributed by atoms with Gasteiger partial charge in [0.1, 0.15) is 0 Å². The van der Waals surface area contributed by atoms with E-state index in [4.69, 9.17) is 0 Å². The van der Waals surface area contributed by atoms with Crippen LogP contribution >= 0.6 is 11.8 Å². The van der Waals surface area contributed by atoms with Gasteiger partial charge >= 0.3 is 0 Å². The van der Waals surface area contributed by atoms with Crippen LogP contribution in [0.5, 0.6) is 0 Å². The maximum Gasteiger partial charge on any atom is 0.0829 e. The minimum atomic E-state index is -0.686. The number of aliphatic hydroxyl groups is 2. The topological polar surface area (TPSA) is 52.5 Å². The van der Waals surface area contributed by atoms with Crippen molar-refractivity contribution >= 4 is 17.3 Å². The van der Waals surface area contributed by atoms with Crippen LogP contribution in [0.2, 0.25) is 0 Å². The number of hydrogen-bond donors (Lipinski definition) is 3. The number of aryl methyl sites for hydroxylation is 1. The molecule has 0 aromatic heterocycles. The van der Waals surface area contributed by atoms with E-state index < -0.39 is 5.54 Å². The van der Waals surface area contributed by atoms with E-state index in [1.165, 1.54) is 26.5 Å². The van der Waals surface area contributed by atoms with E-state index in [0.29, 0.717) is 6.42 Å². The first-order chi connectivity index (χ1) is 13.0. The highest BCUT2D eigenvalue weighted by Crippen LogP contribution is 2.48. The number of aliphatic hydroxyl groups excluding tert-OH is 2. The summed E-state index contributed by atoms with van der Waals surface area (Å²) in [5.41, 5.74) is 5.05. The van der Waals surface area contributed by atoms with Gasteiger partial charge in [-0.2, -0.15) is 0 Å². The summed E-state index contributed by atoms with van der Waals surface area (Å²) < 4.78 is 0. The van der Waals surface area contributed by atoms with Crippen molar-refractivity contribution in [3.05, 3.63) is 70.8 Å². The lowest BCUT2D eigenvalue weighted by molar-refractivity contribution is 0.0950. The number of hydrogen-bond acceptors (Lipinski definition) is 4. The molecular formula is C23H29NO2S. The lowest BCUT2D eigenvalue weighted by Gasteiger charge is -2.32. The van der Waals surface area contributed by atoms with E-state index in [2.05, 4.69) is 48.8 Å². The van der Waals surface area contributed by atoms with Crippen molar-refractivity contribution in [1.29, 1.82) is 0 Å². The molecule has 0 saturated carbocycles. The molecule has 0 atom stereocenters. The molecule has 27 heavy (non-hydrogen) atoms. The molecule has 3 N–H and O–H groups in total. The van der Waals surface area contributed by atoms with Crippen LogP contribution in [-0.4, -0.2) is 29.0 Å². The standard InChI is InChI=1S/C23H29NO2S/c1-4-23(14-25,15-26)24-16(2)9-10-18-11-12-22-20(13-18)17(3)19-7-5-6-8-21(19)27-22/h7-8,11-13,24-26H,2-6,9-10,14-15H2,1H3. The van der Waals surface area contributed by atoms with Crippen molar-refractivity contribution in [3.8, 4) is 0 Å². The third-order valence-electron chi connectivity index (χ3n) is 5.46. The van der Waals surface area contributed by atoms with Crippen LogP contribution in [0, 0.1) is 0 Å². The summed E-state index contributed by atoms with van der Waals surface area (Å²) in [5, 5.41) is 22.4. The van der Waals surface area contributed by atoms with Gasteiger partial charge in [0.05, 0.1) is 18.8 Å². The van der Waals surface area contributed by atoms with E-state index in [1.807, 2.05) is 18.7 Å². The maximum absolute atomic E-state index is 9.58. The first-order valence-corrected chi connectivity index (χ1v) is 10.4. The van der Waals surface area contributed by atoms with Crippen molar-refractivity contribution < 1.29 is 10.2 Å². The van der Waals surface area contributed by atoms with Crippen LogP contribution in [-0.2, 0) is 6.42 Å². The first kappa shape index (κ1) is 20.0. The number of rotatable bonds is 8. The monoisotopic (exact) mass is 383 g/mol. The Hall–Kier alpha value is -1.75. The highest BCUT2D eigenvalue weighted by atomic mass is 32.2. The predicted octanol–water partition coefficient (Wildman–Crippen LogP) is 4.58. The summed E-state index contributed by atoms with van der Waals surface area (Å²) in [7, 11) is 0. The second-order valence-corrected chi connectivity index (χ2v) is 8.44. The molecule has 0 fully saturated rings. The highest BCUT2D eigenvalue weighted by molar-refractivity contribution is 8.03. The van der Waals surface area contributed by atoms with Crippen molar-refractivity contribution in [2.45, 2.75) is 49.5 Å². The minimum absolute atomic E-state index is 0.111. The maximum atomic E-state index is 9.58. The summed E-state index contributed by atoms with van der Waals surface area (Å²) in [5.74, 6) is 0. The molecule has 144 valence electrons. The molecule has 3 nitrogen and oxygen atoms in total. The van der Waals surface area contributed by atoms with Gasteiger partial charge in [-0.1, -0.05) is 56.1 Å². The Morgan fingerprint density at radius 3 is 2.67 bits per heavy atom. The van der Waals surface area contributed by atoms with Crippen molar-refractivity contribution in [3.63, 3.8) is 0 Å². The van der Waals surface area contributed by atoms with E-state index in [-0.39, 0.29) is 13.2 Å². The van der Waals surface area contributed by atoms with E-state index in [1.54, 1.807) is 0 Å². The fraction of sp³-hybridized carbons (Fsp3) is 0.391. The summed E-state index contributed by atoms with van der Waals surface area (Å²) >= 11 is 1.84. The number of fused-ring (bicyclic) bond motifs is 2. The van der Waals surface area contributed by atoms with Crippen LogP contribution in [0.25, 0.3) is 5.57 Å². The Kier molecular flexibility index (Phi) is 6.30. The largest absolute Gasteiger partial charge is 0.394 e. The van der Waals surface area contributed by atoms with Gasteiger partial charge in [0.15, 0.2) is 0 Å². The molecule has 0 spiro atoms. The van der Waals surface area contributed by atoms with Crippen LogP contribution in [0.4, 0.5) is 0 Å². The van der Waals surface area contributed by atoms with Crippen molar-refractivity contribution in [2.24, 2.45) is 0 Å². The second kappa shape index (κ2) is 8.51. The Morgan fingerprint density at radius 1 is 1.22 bits per heavy atom. The molecule has 0 radical (unpaired) electrons. The number of benzene rings is 1. The van der Waals surface area contributed by atoms with Crippen LogP contribution in [0.3, 0.4) is 0 Å². The van der Waals surface area contributed by atoms with Gasteiger partial charge in [0.25, 0.3) is 0 Å². The van der Waals surface area contributed by atoms with E-state index in [0.717, 1.165) is 37.0 Å². The first-order valence-electron chi connectivity index (χ1n) is 9.60. The van der Waals surface area contributed by atoms with Crippen LogP contribution in [0.1, 0.15) is 43.7 Å². The summed E-state index contributed by atoms with van der Waals surface area (Å²) in [6.07, 6.45) is 9.08. The summed E-state index contributed by atoms with van der Waals surface area (Å²) in [4.78, 5) is 2.62. The highest BCUT2D eigenvalue weighted by Gasteiger charge is 2.26. The average Bonchev–Trinajstić information content (AvgIpc) is 2.71. The van der Waals surface area contributed by atoms with Gasteiger partial charge in [-0.25, -0.2) is 0 Å². The molecule has 1 aromatic rings. The quantitative estimate of drug-likeness (QED) is 0.615. The molecule has 0 unspecified atom stereocenters. The third-order valence-corrected chi connectivity index (χ3v) is 6.65. The smallest absolute Gasteiger partial charge is 0.0829 e. The normalized spacial score (nSPS) is 16.2. The van der Waals surface area contributed by atoms with Gasteiger partial charge in [-0.05, 0) is 60.4 Å². The molecule has 0 amide bonds. The molecule has 1 aliphatic carbocycles. The molecule has 3 rings (SSSR count). The summed E-state index contributed by atoms with van der Waals surface area (Å²) in [6.45, 7) is 10.2.